The summed E-state index contributed by atoms with van der Waals surface area (Å²) >= 11 is 0. The fourth-order valence-corrected chi connectivity index (χ4v) is 2.33. The average molecular weight is 273 g/mol. The van der Waals surface area contributed by atoms with Gasteiger partial charge >= 0.3 is 0 Å². The smallest absolute Gasteiger partial charge is 0.161 e. The van der Waals surface area contributed by atoms with Crippen LogP contribution in [0.25, 0.3) is 0 Å². The molecular weight excluding hydrogens is 254 g/mol. The van der Waals surface area contributed by atoms with E-state index in [9.17, 15) is 0 Å². The summed E-state index contributed by atoms with van der Waals surface area (Å²) in [6, 6.07) is 7.81. The molecule has 0 radical (unpaired) electrons. The van der Waals surface area contributed by atoms with Crippen molar-refractivity contribution in [3.8, 4) is 11.5 Å². The van der Waals surface area contributed by atoms with E-state index in [1.165, 1.54) is 5.56 Å². The molecule has 5 heteroatoms. The Balaban J connectivity index is 1.49. The van der Waals surface area contributed by atoms with Crippen LogP contribution in [0.2, 0.25) is 0 Å². The average Bonchev–Trinajstić information content (AvgIpc) is 2.98. The predicted octanol–water partition coefficient (Wildman–Crippen LogP) is 1.72. The highest BCUT2D eigenvalue weighted by atomic mass is 16.6. The van der Waals surface area contributed by atoms with Gasteiger partial charge in [-0.05, 0) is 31.2 Å². The van der Waals surface area contributed by atoms with E-state index in [1.807, 2.05) is 36.7 Å². The first kappa shape index (κ1) is 13.0. The molecule has 106 valence electrons. The molecule has 3 rings (SSSR count). The van der Waals surface area contributed by atoms with Crippen LogP contribution in [-0.4, -0.2) is 47.9 Å². The maximum Gasteiger partial charge on any atom is 0.161 e. The topological polar surface area (TPSA) is 50.4 Å². The first-order valence-electron chi connectivity index (χ1n) is 6.86. The zero-order valence-corrected chi connectivity index (χ0v) is 11.6. The van der Waals surface area contributed by atoms with Gasteiger partial charge in [-0.1, -0.05) is 12.1 Å². The van der Waals surface area contributed by atoms with Crippen LogP contribution >= 0.6 is 0 Å². The number of benzene rings is 1. The molecule has 0 aliphatic carbocycles. The van der Waals surface area contributed by atoms with Gasteiger partial charge in [0.2, 0.25) is 0 Å². The van der Waals surface area contributed by atoms with Crippen molar-refractivity contribution >= 4 is 0 Å². The molecule has 2 aromatic rings. The minimum absolute atomic E-state index is 0.0826. The Morgan fingerprint density at radius 2 is 2.20 bits per heavy atom. The van der Waals surface area contributed by atoms with Crippen LogP contribution in [0.4, 0.5) is 0 Å². The number of ether oxygens (including phenoxy) is 2. The lowest BCUT2D eigenvalue weighted by Crippen LogP contribution is -2.40. The lowest BCUT2D eigenvalue weighted by Gasteiger charge is -2.29. The third-order valence-corrected chi connectivity index (χ3v) is 3.42. The molecule has 0 spiro atoms. The van der Waals surface area contributed by atoms with E-state index in [4.69, 9.17) is 9.47 Å². The number of nitrogens with one attached hydrogen (secondary N) is 1. The summed E-state index contributed by atoms with van der Waals surface area (Å²) < 4.78 is 11.7. The lowest BCUT2D eigenvalue weighted by atomic mass is 10.2. The molecule has 1 N–H and O–H groups in total. The first-order chi connectivity index (χ1) is 9.81. The molecule has 0 fully saturated rings. The van der Waals surface area contributed by atoms with E-state index in [0.717, 1.165) is 31.0 Å². The third kappa shape index (κ3) is 3.11. The Labute approximate surface area is 118 Å². The lowest BCUT2D eigenvalue weighted by molar-refractivity contribution is 0.0657. The molecule has 1 aliphatic heterocycles. The van der Waals surface area contributed by atoms with Crippen molar-refractivity contribution in [1.82, 2.24) is 15.1 Å². The standard InChI is InChI=1S/C15H19N3O2/c1-18(7-6-12-8-16-17-9-12)10-13-11-19-14-4-2-3-5-15(14)20-13/h2-5,8-9,13H,6-7,10-11H2,1H3,(H,16,17). The normalized spacial score (nSPS) is 17.4. The van der Waals surface area contributed by atoms with Crippen LogP contribution in [0.3, 0.4) is 0 Å². The SMILES string of the molecule is CN(CCc1cn[nH]c1)CC1COc2ccccc2O1. The number of H-pyrrole nitrogens is 1. The number of aromatic amines is 1. The van der Waals surface area contributed by atoms with Crippen LogP contribution in [0.15, 0.2) is 36.7 Å². The Morgan fingerprint density at radius 3 is 3.00 bits per heavy atom. The van der Waals surface area contributed by atoms with Gasteiger partial charge in [-0.25, -0.2) is 0 Å². The minimum Gasteiger partial charge on any atom is -0.486 e. The summed E-state index contributed by atoms with van der Waals surface area (Å²) in [6.45, 7) is 2.43. The third-order valence-electron chi connectivity index (χ3n) is 3.42. The highest BCUT2D eigenvalue weighted by molar-refractivity contribution is 5.40. The largest absolute Gasteiger partial charge is 0.486 e. The monoisotopic (exact) mass is 273 g/mol. The van der Waals surface area contributed by atoms with E-state index in [-0.39, 0.29) is 6.10 Å². The van der Waals surface area contributed by atoms with Gasteiger partial charge in [-0.3, -0.25) is 5.10 Å². The van der Waals surface area contributed by atoms with E-state index < -0.39 is 0 Å². The van der Waals surface area contributed by atoms with Crippen molar-refractivity contribution in [2.24, 2.45) is 0 Å². The van der Waals surface area contributed by atoms with Gasteiger partial charge in [0.15, 0.2) is 11.5 Å². The maximum absolute atomic E-state index is 5.95. The number of aromatic nitrogens is 2. The van der Waals surface area contributed by atoms with Crippen molar-refractivity contribution in [3.05, 3.63) is 42.2 Å². The summed E-state index contributed by atoms with van der Waals surface area (Å²) in [5, 5.41) is 6.79. The Morgan fingerprint density at radius 1 is 1.35 bits per heavy atom. The Bertz CT molecular complexity index is 542. The van der Waals surface area contributed by atoms with Crippen LogP contribution in [0, 0.1) is 0 Å². The fourth-order valence-electron chi connectivity index (χ4n) is 2.33. The van der Waals surface area contributed by atoms with Gasteiger partial charge in [-0.2, -0.15) is 5.10 Å². The number of nitrogens with zero attached hydrogens (tertiary/aromatic N) is 2. The second kappa shape index (κ2) is 5.96. The van der Waals surface area contributed by atoms with E-state index in [2.05, 4.69) is 22.1 Å². The van der Waals surface area contributed by atoms with E-state index in [0.29, 0.717) is 6.61 Å². The molecule has 1 unspecified atom stereocenters. The second-order valence-corrected chi connectivity index (χ2v) is 5.12. The van der Waals surface area contributed by atoms with Crippen LogP contribution in [0.1, 0.15) is 5.56 Å². The van der Waals surface area contributed by atoms with Gasteiger partial charge in [-0.15, -0.1) is 0 Å². The molecule has 1 aromatic carbocycles. The summed E-state index contributed by atoms with van der Waals surface area (Å²) in [7, 11) is 2.10. The highest BCUT2D eigenvalue weighted by Crippen LogP contribution is 2.30. The zero-order chi connectivity index (χ0) is 13.8. The Hall–Kier alpha value is -2.01. The van der Waals surface area contributed by atoms with Crippen molar-refractivity contribution in [1.29, 1.82) is 0 Å². The molecule has 1 atom stereocenters. The summed E-state index contributed by atoms with van der Waals surface area (Å²) in [5.74, 6) is 1.68. The van der Waals surface area contributed by atoms with Gasteiger partial charge < -0.3 is 14.4 Å². The highest BCUT2D eigenvalue weighted by Gasteiger charge is 2.21. The minimum atomic E-state index is 0.0826. The number of hydrogen-bond donors (Lipinski definition) is 1. The van der Waals surface area contributed by atoms with Gasteiger partial charge in [0.05, 0.1) is 6.20 Å². The summed E-state index contributed by atoms with van der Waals surface area (Å²) in [5.41, 5.74) is 1.23. The first-order valence-corrected chi connectivity index (χ1v) is 6.86. The van der Waals surface area contributed by atoms with E-state index in [1.54, 1.807) is 0 Å². The number of likely N-dealkylation sites (N-methyl/N-ethyl adjacent to an activating group) is 1. The van der Waals surface area contributed by atoms with Crippen molar-refractivity contribution in [2.75, 3.05) is 26.7 Å². The number of rotatable bonds is 5. The van der Waals surface area contributed by atoms with E-state index >= 15 is 0 Å². The Kier molecular flexibility index (Phi) is 3.87. The predicted molar refractivity (Wildman–Crippen MR) is 76.1 cm³/mol. The number of fused-ring (bicyclic) bond motifs is 1. The summed E-state index contributed by atoms with van der Waals surface area (Å²) in [6.07, 6.45) is 4.87. The van der Waals surface area contributed by atoms with Gasteiger partial charge in [0.1, 0.15) is 12.7 Å². The quantitative estimate of drug-likeness (QED) is 0.901. The van der Waals surface area contributed by atoms with Crippen LogP contribution < -0.4 is 9.47 Å². The molecule has 0 saturated carbocycles. The molecule has 1 aliphatic rings. The summed E-state index contributed by atoms with van der Waals surface area (Å²) in [4.78, 5) is 2.26. The second-order valence-electron chi connectivity index (χ2n) is 5.12. The van der Waals surface area contributed by atoms with Crippen LogP contribution in [-0.2, 0) is 6.42 Å². The maximum atomic E-state index is 5.95. The molecule has 20 heavy (non-hydrogen) atoms. The fraction of sp³-hybridized carbons (Fsp3) is 0.400. The molecule has 1 aromatic heterocycles. The molecule has 5 nitrogen and oxygen atoms in total. The molecule has 0 bridgehead atoms. The van der Waals surface area contributed by atoms with Crippen molar-refractivity contribution in [3.63, 3.8) is 0 Å². The van der Waals surface area contributed by atoms with Gasteiger partial charge in [0.25, 0.3) is 0 Å². The number of hydrogen-bond acceptors (Lipinski definition) is 4. The zero-order valence-electron chi connectivity index (χ0n) is 11.6. The van der Waals surface area contributed by atoms with Crippen LogP contribution in [0.5, 0.6) is 11.5 Å². The number of para-hydroxylation sites is 2. The van der Waals surface area contributed by atoms with Crippen molar-refractivity contribution < 1.29 is 9.47 Å². The molecule has 0 saturated heterocycles. The molecule has 0 amide bonds. The molecule has 2 heterocycles. The van der Waals surface area contributed by atoms with Gasteiger partial charge in [0, 0.05) is 19.3 Å². The molecular formula is C15H19N3O2. The van der Waals surface area contributed by atoms with Crippen molar-refractivity contribution in [2.45, 2.75) is 12.5 Å².